The molecule has 0 aromatic heterocycles. The number of esters is 3. The van der Waals surface area contributed by atoms with Gasteiger partial charge in [-0.3, -0.25) is 14.4 Å². The van der Waals surface area contributed by atoms with Crippen LogP contribution in [0.15, 0.2) is 48.6 Å². The van der Waals surface area contributed by atoms with E-state index >= 15 is 0 Å². The van der Waals surface area contributed by atoms with E-state index in [0.29, 0.717) is 19.3 Å². The van der Waals surface area contributed by atoms with E-state index in [0.717, 1.165) is 70.6 Å². The number of ether oxygens (including phenoxy) is 3. The molecule has 0 saturated carbocycles. The number of allylic oxidation sites excluding steroid dienone is 8. The van der Waals surface area contributed by atoms with Crippen molar-refractivity contribution in [3.8, 4) is 0 Å². The Morgan fingerprint density at radius 3 is 0.718 bits per heavy atom. The summed E-state index contributed by atoms with van der Waals surface area (Å²) < 4.78 is 17.0. The molecule has 78 heavy (non-hydrogen) atoms. The van der Waals surface area contributed by atoms with Crippen molar-refractivity contribution < 1.29 is 28.6 Å². The van der Waals surface area contributed by atoms with Gasteiger partial charge in [-0.2, -0.15) is 0 Å². The summed E-state index contributed by atoms with van der Waals surface area (Å²) in [6.07, 6.45) is 84.2. The van der Waals surface area contributed by atoms with Crippen LogP contribution in [0, 0.1) is 0 Å². The first-order chi connectivity index (χ1) is 38.5. The van der Waals surface area contributed by atoms with Gasteiger partial charge in [0, 0.05) is 19.3 Å². The second-order valence-corrected chi connectivity index (χ2v) is 23.4. The van der Waals surface area contributed by atoms with E-state index in [-0.39, 0.29) is 31.1 Å². The first kappa shape index (κ1) is 75.4. The average Bonchev–Trinajstić information content (AvgIpc) is 3.44. The summed E-state index contributed by atoms with van der Waals surface area (Å²) in [5, 5.41) is 0. The van der Waals surface area contributed by atoms with Crippen LogP contribution in [0.4, 0.5) is 0 Å². The van der Waals surface area contributed by atoms with Crippen molar-refractivity contribution in [2.75, 3.05) is 13.2 Å². The average molecular weight is 1090 g/mol. The maximum atomic E-state index is 12.9. The molecule has 456 valence electrons. The van der Waals surface area contributed by atoms with Crippen LogP contribution in [0.25, 0.3) is 0 Å². The van der Waals surface area contributed by atoms with Gasteiger partial charge in [0.25, 0.3) is 0 Å². The molecule has 1 unspecified atom stereocenters. The van der Waals surface area contributed by atoms with Crippen molar-refractivity contribution in [2.45, 2.75) is 380 Å². The van der Waals surface area contributed by atoms with Crippen LogP contribution in [0.5, 0.6) is 0 Å². The summed E-state index contributed by atoms with van der Waals surface area (Å²) in [7, 11) is 0. The number of hydrogen-bond acceptors (Lipinski definition) is 6. The Labute approximate surface area is 486 Å². The number of rotatable bonds is 64. The lowest BCUT2D eigenvalue weighted by molar-refractivity contribution is -0.167. The number of carbonyl (C=O) groups excluding carboxylic acids is 3. The van der Waals surface area contributed by atoms with E-state index in [1.807, 2.05) is 0 Å². The quantitative estimate of drug-likeness (QED) is 0.0261. The lowest BCUT2D eigenvalue weighted by Crippen LogP contribution is -2.30. The van der Waals surface area contributed by atoms with Crippen LogP contribution < -0.4 is 0 Å². The Kier molecular flexibility index (Phi) is 64.6. The van der Waals surface area contributed by atoms with E-state index in [1.165, 1.54) is 263 Å². The van der Waals surface area contributed by atoms with Gasteiger partial charge < -0.3 is 14.2 Å². The molecule has 0 aromatic rings. The largest absolute Gasteiger partial charge is 0.462 e. The SMILES string of the molecule is CCCCCCC/C=C\C/C=C\CCCCCCCCCCCC(=O)OC(COC(=O)CCCCCCC/C=C\CCCCCCC)COC(=O)CCCCCCCCCCCCCCC/C=C\CCCCCCCCCC. The van der Waals surface area contributed by atoms with E-state index < -0.39 is 6.10 Å². The Bertz CT molecular complexity index is 1350. The van der Waals surface area contributed by atoms with Crippen molar-refractivity contribution in [3.63, 3.8) is 0 Å². The van der Waals surface area contributed by atoms with E-state index in [2.05, 4.69) is 69.4 Å². The third-order valence-electron chi connectivity index (χ3n) is 15.5. The Hall–Kier alpha value is -2.63. The summed E-state index contributed by atoms with van der Waals surface area (Å²) in [5.74, 6) is -0.865. The minimum atomic E-state index is -0.779. The highest BCUT2D eigenvalue weighted by Gasteiger charge is 2.19. The van der Waals surface area contributed by atoms with Gasteiger partial charge in [0.15, 0.2) is 6.10 Å². The summed E-state index contributed by atoms with van der Waals surface area (Å²) in [4.78, 5) is 38.4. The molecule has 0 fully saturated rings. The van der Waals surface area contributed by atoms with E-state index in [4.69, 9.17) is 14.2 Å². The fraction of sp³-hybridized carbons (Fsp3) is 0.847. The monoisotopic (exact) mass is 1090 g/mol. The summed E-state index contributed by atoms with van der Waals surface area (Å²) >= 11 is 0. The van der Waals surface area contributed by atoms with Crippen molar-refractivity contribution in [3.05, 3.63) is 48.6 Å². The molecular formula is C72H132O6. The van der Waals surface area contributed by atoms with Crippen LogP contribution in [0.2, 0.25) is 0 Å². The zero-order valence-electron chi connectivity index (χ0n) is 52.5. The lowest BCUT2D eigenvalue weighted by Gasteiger charge is -2.18. The molecule has 0 rings (SSSR count). The first-order valence-electron chi connectivity index (χ1n) is 34.6. The molecular weight excluding hydrogens is 961 g/mol. The molecule has 0 aromatic carbocycles. The van der Waals surface area contributed by atoms with E-state index in [9.17, 15) is 14.4 Å². The van der Waals surface area contributed by atoms with Gasteiger partial charge in [0.1, 0.15) is 13.2 Å². The normalized spacial score (nSPS) is 12.3. The molecule has 0 radical (unpaired) electrons. The van der Waals surface area contributed by atoms with Gasteiger partial charge in [-0.25, -0.2) is 0 Å². The maximum Gasteiger partial charge on any atom is 0.306 e. The standard InChI is InChI=1S/C72H132O6/c1-4-7-10-13-16-19-22-25-28-30-32-34-35-36-37-39-40-42-44-47-50-53-56-59-62-65-71(74)77-68-69(67-76-70(73)64-61-58-55-52-49-46-27-24-21-18-15-12-9-6-3)78-72(75)66-63-60-57-54-51-48-45-43-41-38-33-31-29-26-23-20-17-14-11-8-5-2/h23-24,26-27,30-33,69H,4-22,25,28-29,34-68H2,1-3H3/b26-23-,27-24-,32-30-,33-31-. The highest BCUT2D eigenvalue weighted by molar-refractivity contribution is 5.71. The molecule has 6 heteroatoms. The summed E-state index contributed by atoms with van der Waals surface area (Å²) in [5.41, 5.74) is 0. The molecule has 6 nitrogen and oxygen atoms in total. The van der Waals surface area contributed by atoms with Crippen LogP contribution in [0.1, 0.15) is 374 Å². The smallest absolute Gasteiger partial charge is 0.306 e. The molecule has 0 saturated heterocycles. The fourth-order valence-electron chi connectivity index (χ4n) is 10.3. The molecule has 1 atom stereocenters. The van der Waals surface area contributed by atoms with Gasteiger partial charge in [0.2, 0.25) is 0 Å². The van der Waals surface area contributed by atoms with E-state index in [1.54, 1.807) is 0 Å². The second kappa shape index (κ2) is 66.9. The summed E-state index contributed by atoms with van der Waals surface area (Å²) in [6.45, 7) is 6.67. The Morgan fingerprint density at radius 1 is 0.256 bits per heavy atom. The highest BCUT2D eigenvalue weighted by atomic mass is 16.6. The van der Waals surface area contributed by atoms with Gasteiger partial charge in [-0.1, -0.05) is 301 Å². The molecule has 0 heterocycles. The van der Waals surface area contributed by atoms with Crippen LogP contribution in [-0.2, 0) is 28.6 Å². The number of carbonyl (C=O) groups is 3. The minimum Gasteiger partial charge on any atom is -0.462 e. The van der Waals surface area contributed by atoms with Crippen LogP contribution >= 0.6 is 0 Å². The molecule has 0 bridgehead atoms. The van der Waals surface area contributed by atoms with Crippen molar-refractivity contribution >= 4 is 17.9 Å². The predicted molar refractivity (Wildman–Crippen MR) is 339 cm³/mol. The van der Waals surface area contributed by atoms with Crippen LogP contribution in [-0.4, -0.2) is 37.2 Å². The third kappa shape index (κ3) is 64.2. The molecule has 0 amide bonds. The fourth-order valence-corrected chi connectivity index (χ4v) is 10.3. The van der Waals surface area contributed by atoms with Gasteiger partial charge >= 0.3 is 17.9 Å². The maximum absolute atomic E-state index is 12.9. The first-order valence-corrected chi connectivity index (χ1v) is 34.6. The third-order valence-corrected chi connectivity index (χ3v) is 15.5. The number of unbranched alkanes of at least 4 members (excludes halogenated alkanes) is 45. The zero-order valence-corrected chi connectivity index (χ0v) is 52.5. The lowest BCUT2D eigenvalue weighted by atomic mass is 10.0. The summed E-state index contributed by atoms with van der Waals surface area (Å²) in [6, 6.07) is 0. The van der Waals surface area contributed by atoms with Crippen molar-refractivity contribution in [1.29, 1.82) is 0 Å². The topological polar surface area (TPSA) is 78.9 Å². The minimum absolute atomic E-state index is 0.0745. The molecule has 0 aliphatic carbocycles. The molecule has 0 aliphatic heterocycles. The Morgan fingerprint density at radius 2 is 0.462 bits per heavy atom. The zero-order chi connectivity index (χ0) is 56.4. The molecule has 0 aliphatic rings. The predicted octanol–water partition coefficient (Wildman–Crippen LogP) is 23.7. The van der Waals surface area contributed by atoms with Gasteiger partial charge in [0.05, 0.1) is 0 Å². The van der Waals surface area contributed by atoms with Gasteiger partial charge in [-0.15, -0.1) is 0 Å². The van der Waals surface area contributed by atoms with Gasteiger partial charge in [-0.05, 0) is 103 Å². The highest BCUT2D eigenvalue weighted by Crippen LogP contribution is 2.17. The molecule has 0 spiro atoms. The second-order valence-electron chi connectivity index (χ2n) is 23.4. The van der Waals surface area contributed by atoms with Crippen molar-refractivity contribution in [2.24, 2.45) is 0 Å². The van der Waals surface area contributed by atoms with Crippen molar-refractivity contribution in [1.82, 2.24) is 0 Å². The number of hydrogen-bond donors (Lipinski definition) is 0. The van der Waals surface area contributed by atoms with Crippen LogP contribution in [0.3, 0.4) is 0 Å². The molecule has 0 N–H and O–H groups in total. The Balaban J connectivity index is 4.28.